The van der Waals surface area contributed by atoms with Crippen molar-refractivity contribution in [3.63, 3.8) is 0 Å². The van der Waals surface area contributed by atoms with Crippen LogP contribution < -0.4 is 5.32 Å². The van der Waals surface area contributed by atoms with Gasteiger partial charge in [-0.3, -0.25) is 0 Å². The van der Waals surface area contributed by atoms with E-state index in [4.69, 9.17) is 27.9 Å². The number of hydrogen-bond acceptors (Lipinski definition) is 2. The molecule has 1 aliphatic rings. The highest BCUT2D eigenvalue weighted by atomic mass is 35.5. The monoisotopic (exact) mass is 259 g/mol. The van der Waals surface area contributed by atoms with Crippen molar-refractivity contribution in [1.29, 1.82) is 0 Å². The van der Waals surface area contributed by atoms with Gasteiger partial charge in [0.05, 0.1) is 10.0 Å². The molecule has 1 aromatic carbocycles. The lowest BCUT2D eigenvalue weighted by Crippen LogP contribution is -2.34. The topological polar surface area (TPSA) is 21.3 Å². The Morgan fingerprint density at radius 3 is 2.75 bits per heavy atom. The fourth-order valence-electron chi connectivity index (χ4n) is 1.84. The van der Waals surface area contributed by atoms with E-state index in [0.717, 1.165) is 38.2 Å². The number of hydrogen-bond donors (Lipinski definition) is 1. The van der Waals surface area contributed by atoms with Crippen molar-refractivity contribution in [2.75, 3.05) is 13.2 Å². The fourth-order valence-corrected chi connectivity index (χ4v) is 2.23. The summed E-state index contributed by atoms with van der Waals surface area (Å²) < 4.78 is 5.31. The van der Waals surface area contributed by atoms with E-state index in [1.165, 1.54) is 0 Å². The molecule has 1 fully saturated rings. The third-order valence-corrected chi connectivity index (χ3v) is 3.69. The second-order valence-corrected chi connectivity index (χ2v) is 4.77. The molecule has 1 heterocycles. The molecule has 0 radical (unpaired) electrons. The Kier molecular flexibility index (Phi) is 4.47. The molecule has 0 atom stereocenters. The van der Waals surface area contributed by atoms with Crippen LogP contribution in [0, 0.1) is 0 Å². The van der Waals surface area contributed by atoms with E-state index in [2.05, 4.69) is 5.32 Å². The molecule has 16 heavy (non-hydrogen) atoms. The Labute approximate surface area is 106 Å². The molecule has 2 nitrogen and oxygen atoms in total. The Morgan fingerprint density at radius 2 is 2.00 bits per heavy atom. The molecular weight excluding hydrogens is 245 g/mol. The minimum absolute atomic E-state index is 0.531. The molecule has 1 aromatic rings. The predicted octanol–water partition coefficient (Wildman–Crippen LogP) is 3.26. The number of rotatable bonds is 3. The Balaban J connectivity index is 1.91. The van der Waals surface area contributed by atoms with Gasteiger partial charge in [0.2, 0.25) is 0 Å². The minimum atomic E-state index is 0.531. The Bertz CT molecular complexity index is 351. The average molecular weight is 260 g/mol. The quantitative estimate of drug-likeness (QED) is 0.900. The summed E-state index contributed by atoms with van der Waals surface area (Å²) in [7, 11) is 0. The summed E-state index contributed by atoms with van der Waals surface area (Å²) in [6.07, 6.45) is 2.14. The molecule has 0 bridgehead atoms. The maximum Gasteiger partial charge on any atom is 0.0637 e. The van der Waals surface area contributed by atoms with Gasteiger partial charge in [-0.1, -0.05) is 35.3 Å². The summed E-state index contributed by atoms with van der Waals surface area (Å²) in [5.41, 5.74) is 1.06. The summed E-state index contributed by atoms with van der Waals surface area (Å²) in [4.78, 5) is 0. The maximum absolute atomic E-state index is 6.11. The van der Waals surface area contributed by atoms with Gasteiger partial charge in [0.1, 0.15) is 0 Å². The van der Waals surface area contributed by atoms with Crippen molar-refractivity contribution in [3.8, 4) is 0 Å². The van der Waals surface area contributed by atoms with Crippen molar-refractivity contribution in [1.82, 2.24) is 5.32 Å². The first-order valence-corrected chi connectivity index (χ1v) is 6.27. The molecule has 4 heteroatoms. The number of benzene rings is 1. The lowest BCUT2D eigenvalue weighted by Gasteiger charge is -2.23. The lowest BCUT2D eigenvalue weighted by atomic mass is 10.1. The van der Waals surface area contributed by atoms with Crippen molar-refractivity contribution >= 4 is 23.2 Å². The van der Waals surface area contributed by atoms with Crippen LogP contribution in [0.4, 0.5) is 0 Å². The fraction of sp³-hybridized carbons (Fsp3) is 0.500. The van der Waals surface area contributed by atoms with Gasteiger partial charge in [-0.2, -0.15) is 0 Å². The third-order valence-electron chi connectivity index (χ3n) is 2.83. The van der Waals surface area contributed by atoms with E-state index >= 15 is 0 Å². The van der Waals surface area contributed by atoms with Gasteiger partial charge >= 0.3 is 0 Å². The molecular formula is C12H15Cl2NO. The van der Waals surface area contributed by atoms with Crippen LogP contribution in [0.1, 0.15) is 18.4 Å². The van der Waals surface area contributed by atoms with E-state index in [9.17, 15) is 0 Å². The average Bonchev–Trinajstić information content (AvgIpc) is 2.32. The Hall–Kier alpha value is -0.280. The second-order valence-electron chi connectivity index (χ2n) is 3.98. The predicted molar refractivity (Wildman–Crippen MR) is 67.1 cm³/mol. The summed E-state index contributed by atoms with van der Waals surface area (Å²) >= 11 is 12.1. The van der Waals surface area contributed by atoms with Crippen LogP contribution >= 0.6 is 23.2 Å². The summed E-state index contributed by atoms with van der Waals surface area (Å²) in [6.45, 7) is 2.46. The van der Waals surface area contributed by atoms with E-state index in [1.54, 1.807) is 0 Å². The van der Waals surface area contributed by atoms with E-state index in [0.29, 0.717) is 16.1 Å². The van der Waals surface area contributed by atoms with Crippen molar-refractivity contribution in [2.24, 2.45) is 0 Å². The molecule has 0 aromatic heterocycles. The van der Waals surface area contributed by atoms with Gasteiger partial charge in [-0.15, -0.1) is 0 Å². The molecule has 1 aliphatic heterocycles. The summed E-state index contributed by atoms with van der Waals surface area (Å²) in [6, 6.07) is 6.27. The molecule has 0 spiro atoms. The lowest BCUT2D eigenvalue weighted by molar-refractivity contribution is 0.0776. The summed E-state index contributed by atoms with van der Waals surface area (Å²) in [5.74, 6) is 0. The molecule has 0 amide bonds. The van der Waals surface area contributed by atoms with Gasteiger partial charge in [0.15, 0.2) is 0 Å². The zero-order chi connectivity index (χ0) is 11.4. The standard InChI is InChI=1S/C12H15Cl2NO/c13-11-3-1-2-9(12(11)14)8-15-10-4-6-16-7-5-10/h1-3,10,15H,4-8H2. The van der Waals surface area contributed by atoms with Crippen LogP contribution in [0.2, 0.25) is 10.0 Å². The van der Waals surface area contributed by atoms with Gasteiger partial charge in [0.25, 0.3) is 0 Å². The van der Waals surface area contributed by atoms with Crippen LogP contribution in [0.15, 0.2) is 18.2 Å². The van der Waals surface area contributed by atoms with Crippen LogP contribution in [-0.2, 0) is 11.3 Å². The zero-order valence-corrected chi connectivity index (χ0v) is 10.5. The highest BCUT2D eigenvalue weighted by Gasteiger charge is 2.13. The van der Waals surface area contributed by atoms with Crippen LogP contribution in [0.5, 0.6) is 0 Å². The number of nitrogens with one attached hydrogen (secondary N) is 1. The zero-order valence-electron chi connectivity index (χ0n) is 9.01. The van der Waals surface area contributed by atoms with Crippen LogP contribution in [0.25, 0.3) is 0 Å². The second kappa shape index (κ2) is 5.87. The number of halogens is 2. The highest BCUT2D eigenvalue weighted by molar-refractivity contribution is 6.42. The molecule has 0 aliphatic carbocycles. The van der Waals surface area contributed by atoms with Crippen molar-refractivity contribution in [2.45, 2.75) is 25.4 Å². The van der Waals surface area contributed by atoms with Gasteiger partial charge < -0.3 is 10.1 Å². The molecule has 1 saturated heterocycles. The minimum Gasteiger partial charge on any atom is -0.381 e. The van der Waals surface area contributed by atoms with E-state index in [-0.39, 0.29) is 0 Å². The first kappa shape index (κ1) is 12.2. The highest BCUT2D eigenvalue weighted by Crippen LogP contribution is 2.25. The first-order chi connectivity index (χ1) is 7.77. The van der Waals surface area contributed by atoms with E-state index in [1.807, 2.05) is 18.2 Å². The summed E-state index contributed by atoms with van der Waals surface area (Å²) in [5, 5.41) is 4.76. The van der Waals surface area contributed by atoms with E-state index < -0.39 is 0 Å². The van der Waals surface area contributed by atoms with Gasteiger partial charge in [-0.05, 0) is 24.5 Å². The molecule has 0 unspecified atom stereocenters. The smallest absolute Gasteiger partial charge is 0.0637 e. The molecule has 1 N–H and O–H groups in total. The first-order valence-electron chi connectivity index (χ1n) is 5.51. The largest absolute Gasteiger partial charge is 0.381 e. The number of ether oxygens (including phenoxy) is 1. The Morgan fingerprint density at radius 1 is 1.25 bits per heavy atom. The maximum atomic E-state index is 6.11. The third kappa shape index (κ3) is 3.11. The van der Waals surface area contributed by atoms with Crippen LogP contribution in [0.3, 0.4) is 0 Å². The van der Waals surface area contributed by atoms with Crippen molar-refractivity contribution in [3.05, 3.63) is 33.8 Å². The molecule has 0 saturated carbocycles. The van der Waals surface area contributed by atoms with Crippen molar-refractivity contribution < 1.29 is 4.74 Å². The normalized spacial score (nSPS) is 17.6. The molecule has 2 rings (SSSR count). The molecule has 88 valence electrons. The van der Waals surface area contributed by atoms with Gasteiger partial charge in [-0.25, -0.2) is 0 Å². The van der Waals surface area contributed by atoms with Gasteiger partial charge in [0, 0.05) is 25.8 Å². The SMILES string of the molecule is Clc1cccc(CNC2CCOCC2)c1Cl. The van der Waals surface area contributed by atoms with Crippen LogP contribution in [-0.4, -0.2) is 19.3 Å².